The minimum atomic E-state index is -0.266. The molecule has 0 bridgehead atoms. The molecular formula is C14H14N2O3. The number of benzene rings is 1. The van der Waals surface area contributed by atoms with Crippen molar-refractivity contribution in [3.05, 3.63) is 53.5 Å². The Bertz CT molecular complexity index is 617. The van der Waals surface area contributed by atoms with Gasteiger partial charge < -0.3 is 9.52 Å². The number of nitrogens with zero attached hydrogens (tertiary/aromatic N) is 2. The van der Waals surface area contributed by atoms with Crippen LogP contribution in [-0.4, -0.2) is 29.3 Å². The van der Waals surface area contributed by atoms with Crippen LogP contribution in [-0.2, 0) is 0 Å². The first-order valence-corrected chi connectivity index (χ1v) is 5.73. The van der Waals surface area contributed by atoms with E-state index in [2.05, 4.69) is 5.10 Å². The SMILES string of the molecule is Cc1occc1C(=O)N(C)/N=C\c1ccccc1O. The van der Waals surface area contributed by atoms with Crippen LogP contribution < -0.4 is 0 Å². The van der Waals surface area contributed by atoms with Gasteiger partial charge in [-0.3, -0.25) is 4.79 Å². The molecule has 98 valence electrons. The number of para-hydroxylation sites is 1. The third kappa shape index (κ3) is 2.82. The summed E-state index contributed by atoms with van der Waals surface area (Å²) < 4.78 is 5.08. The molecule has 1 heterocycles. The second-order valence-electron chi connectivity index (χ2n) is 4.02. The van der Waals surface area contributed by atoms with Gasteiger partial charge in [-0.25, -0.2) is 5.01 Å². The van der Waals surface area contributed by atoms with Crippen molar-refractivity contribution in [2.75, 3.05) is 7.05 Å². The van der Waals surface area contributed by atoms with E-state index < -0.39 is 0 Å². The van der Waals surface area contributed by atoms with Gasteiger partial charge in [0.1, 0.15) is 11.5 Å². The van der Waals surface area contributed by atoms with Gasteiger partial charge in [-0.15, -0.1) is 0 Å². The van der Waals surface area contributed by atoms with Crippen LogP contribution in [0.1, 0.15) is 21.7 Å². The first-order chi connectivity index (χ1) is 9.09. The average Bonchev–Trinajstić information content (AvgIpc) is 2.83. The van der Waals surface area contributed by atoms with Crippen molar-refractivity contribution in [1.82, 2.24) is 5.01 Å². The lowest BCUT2D eigenvalue weighted by Gasteiger charge is -2.09. The smallest absolute Gasteiger partial charge is 0.277 e. The molecule has 2 rings (SSSR count). The highest BCUT2D eigenvalue weighted by molar-refractivity contribution is 5.95. The Morgan fingerprint density at radius 2 is 2.11 bits per heavy atom. The van der Waals surface area contributed by atoms with Crippen LogP contribution in [0.5, 0.6) is 5.75 Å². The van der Waals surface area contributed by atoms with Gasteiger partial charge in [-0.2, -0.15) is 5.10 Å². The second-order valence-corrected chi connectivity index (χ2v) is 4.02. The third-order valence-corrected chi connectivity index (χ3v) is 2.69. The Kier molecular flexibility index (Phi) is 3.66. The van der Waals surface area contributed by atoms with Crippen molar-refractivity contribution in [3.8, 4) is 5.75 Å². The fraction of sp³-hybridized carbons (Fsp3) is 0.143. The number of amides is 1. The molecule has 5 heteroatoms. The molecule has 0 atom stereocenters. The van der Waals surface area contributed by atoms with E-state index in [1.165, 1.54) is 17.5 Å². The molecule has 1 aromatic heterocycles. The Balaban J connectivity index is 2.14. The average molecular weight is 258 g/mol. The Morgan fingerprint density at radius 1 is 1.37 bits per heavy atom. The van der Waals surface area contributed by atoms with E-state index in [1.807, 2.05) is 0 Å². The third-order valence-electron chi connectivity index (χ3n) is 2.69. The molecule has 0 aliphatic carbocycles. The van der Waals surface area contributed by atoms with Gasteiger partial charge in [0.2, 0.25) is 0 Å². The van der Waals surface area contributed by atoms with E-state index >= 15 is 0 Å². The number of hydrazone groups is 1. The van der Waals surface area contributed by atoms with Crippen LogP contribution in [0.4, 0.5) is 0 Å². The minimum absolute atomic E-state index is 0.117. The summed E-state index contributed by atoms with van der Waals surface area (Å²) in [6.45, 7) is 1.72. The molecule has 1 aromatic carbocycles. The summed E-state index contributed by atoms with van der Waals surface area (Å²) in [6.07, 6.45) is 2.89. The van der Waals surface area contributed by atoms with Crippen LogP contribution in [0.15, 0.2) is 46.1 Å². The molecule has 0 aliphatic heterocycles. The zero-order valence-electron chi connectivity index (χ0n) is 10.7. The van der Waals surface area contributed by atoms with Crippen molar-refractivity contribution in [2.45, 2.75) is 6.92 Å². The summed E-state index contributed by atoms with van der Waals surface area (Å²) in [5, 5.41) is 14.8. The van der Waals surface area contributed by atoms with E-state index in [9.17, 15) is 9.90 Å². The van der Waals surface area contributed by atoms with Gasteiger partial charge in [-0.05, 0) is 25.1 Å². The van der Waals surface area contributed by atoms with E-state index in [1.54, 1.807) is 44.3 Å². The zero-order valence-corrected chi connectivity index (χ0v) is 10.7. The minimum Gasteiger partial charge on any atom is -0.507 e. The maximum Gasteiger partial charge on any atom is 0.277 e. The number of phenols is 1. The van der Waals surface area contributed by atoms with Crippen molar-refractivity contribution < 1.29 is 14.3 Å². The number of hydrogen-bond donors (Lipinski definition) is 1. The number of phenolic OH excluding ortho intramolecular Hbond substituents is 1. The molecule has 19 heavy (non-hydrogen) atoms. The number of carbonyl (C=O) groups is 1. The number of aryl methyl sites for hydroxylation is 1. The lowest BCUT2D eigenvalue weighted by Crippen LogP contribution is -2.21. The molecule has 5 nitrogen and oxygen atoms in total. The lowest BCUT2D eigenvalue weighted by atomic mass is 10.2. The number of furan rings is 1. The topological polar surface area (TPSA) is 66.0 Å². The van der Waals surface area contributed by atoms with E-state index in [0.29, 0.717) is 16.9 Å². The number of carbonyl (C=O) groups excluding carboxylic acids is 1. The van der Waals surface area contributed by atoms with E-state index in [-0.39, 0.29) is 11.7 Å². The molecule has 2 aromatic rings. The van der Waals surface area contributed by atoms with Gasteiger partial charge in [0.15, 0.2) is 0 Å². The highest BCUT2D eigenvalue weighted by Crippen LogP contribution is 2.14. The van der Waals surface area contributed by atoms with Crippen LogP contribution in [0.25, 0.3) is 0 Å². The highest BCUT2D eigenvalue weighted by Gasteiger charge is 2.15. The molecule has 0 fully saturated rings. The first-order valence-electron chi connectivity index (χ1n) is 5.73. The number of rotatable bonds is 3. The predicted octanol–water partition coefficient (Wildman–Crippen LogP) is 2.40. The molecule has 0 radical (unpaired) electrons. The second kappa shape index (κ2) is 5.39. The number of aromatic hydroxyl groups is 1. The van der Waals surface area contributed by atoms with E-state index in [0.717, 1.165) is 0 Å². The fourth-order valence-corrected chi connectivity index (χ4v) is 1.58. The summed E-state index contributed by atoms with van der Waals surface area (Å²) in [4.78, 5) is 12.0. The Labute approximate surface area is 110 Å². The van der Waals surface area contributed by atoms with Crippen molar-refractivity contribution in [1.29, 1.82) is 0 Å². The Morgan fingerprint density at radius 3 is 2.74 bits per heavy atom. The standard InChI is InChI=1S/C14H14N2O3/c1-10-12(7-8-19-10)14(18)16(2)15-9-11-5-3-4-6-13(11)17/h3-9,17H,1-2H3/b15-9-. The van der Waals surface area contributed by atoms with Crippen LogP contribution in [0.2, 0.25) is 0 Å². The van der Waals surface area contributed by atoms with Crippen LogP contribution in [0.3, 0.4) is 0 Å². The van der Waals surface area contributed by atoms with Crippen molar-refractivity contribution in [3.63, 3.8) is 0 Å². The zero-order chi connectivity index (χ0) is 13.8. The summed E-state index contributed by atoms with van der Waals surface area (Å²) in [5.41, 5.74) is 1.02. The van der Waals surface area contributed by atoms with Crippen molar-refractivity contribution >= 4 is 12.1 Å². The van der Waals surface area contributed by atoms with Gasteiger partial charge in [0.25, 0.3) is 5.91 Å². The van der Waals surface area contributed by atoms with Crippen LogP contribution >= 0.6 is 0 Å². The van der Waals surface area contributed by atoms with Gasteiger partial charge in [0.05, 0.1) is 18.0 Å². The molecule has 0 saturated heterocycles. The summed E-state index contributed by atoms with van der Waals surface area (Å²) in [6, 6.07) is 8.37. The molecule has 0 spiro atoms. The maximum absolute atomic E-state index is 12.0. The maximum atomic E-state index is 12.0. The Hall–Kier alpha value is -2.56. The molecular weight excluding hydrogens is 244 g/mol. The number of hydrogen-bond acceptors (Lipinski definition) is 4. The largest absolute Gasteiger partial charge is 0.507 e. The molecule has 1 amide bonds. The molecule has 0 saturated carbocycles. The van der Waals surface area contributed by atoms with Crippen LogP contribution in [0, 0.1) is 6.92 Å². The molecule has 0 aliphatic rings. The summed E-state index contributed by atoms with van der Waals surface area (Å²) in [5.74, 6) is 0.402. The first kappa shape index (κ1) is 12.9. The van der Waals surface area contributed by atoms with Crippen molar-refractivity contribution in [2.24, 2.45) is 5.10 Å². The summed E-state index contributed by atoms with van der Waals surface area (Å²) >= 11 is 0. The quantitative estimate of drug-likeness (QED) is 0.679. The highest BCUT2D eigenvalue weighted by atomic mass is 16.3. The van der Waals surface area contributed by atoms with E-state index in [4.69, 9.17) is 4.42 Å². The van der Waals surface area contributed by atoms with Gasteiger partial charge in [-0.1, -0.05) is 12.1 Å². The predicted molar refractivity (Wildman–Crippen MR) is 71.2 cm³/mol. The molecule has 1 N–H and O–H groups in total. The fourth-order valence-electron chi connectivity index (χ4n) is 1.58. The summed E-state index contributed by atoms with van der Waals surface area (Å²) in [7, 11) is 1.55. The molecule has 0 unspecified atom stereocenters. The van der Waals surface area contributed by atoms with Gasteiger partial charge >= 0.3 is 0 Å². The monoisotopic (exact) mass is 258 g/mol. The normalized spacial score (nSPS) is 10.8. The van der Waals surface area contributed by atoms with Gasteiger partial charge in [0, 0.05) is 12.6 Å². The lowest BCUT2D eigenvalue weighted by molar-refractivity contribution is 0.0798.